The zero-order valence-corrected chi connectivity index (χ0v) is 36.2. The van der Waals surface area contributed by atoms with Crippen LogP contribution in [0.3, 0.4) is 0 Å². The smallest absolute Gasteiger partial charge is 0.205 e. The number of benzene rings is 6. The predicted octanol–water partition coefficient (Wildman–Crippen LogP) is 14.4. The Morgan fingerprint density at radius 1 is 0.438 bits per heavy atom. The van der Waals surface area contributed by atoms with Crippen LogP contribution in [0.4, 0.5) is 35.1 Å². The van der Waals surface area contributed by atoms with Crippen molar-refractivity contribution in [3.05, 3.63) is 183 Å². The maximum absolute atomic E-state index is 15.4. The lowest BCUT2D eigenvalue weighted by Gasteiger charge is -2.28. The first-order valence-electron chi connectivity index (χ1n) is 20.3. The highest BCUT2D eigenvalue weighted by atomic mass is 19.2. The molecule has 0 saturated carbocycles. The average molecular weight is 889 g/mol. The fourth-order valence-electron chi connectivity index (χ4n) is 6.83. The van der Waals surface area contributed by atoms with Crippen LogP contribution in [0.2, 0.25) is 0 Å². The van der Waals surface area contributed by atoms with Crippen LogP contribution < -0.4 is 14.2 Å². The van der Waals surface area contributed by atoms with Crippen molar-refractivity contribution in [1.29, 1.82) is 0 Å². The third-order valence-corrected chi connectivity index (χ3v) is 11.6. The minimum absolute atomic E-state index is 0.0430. The second-order valence-electron chi connectivity index (χ2n) is 17.0. The SMILES string of the molecule is CCC(C)(C)Oc1ccc(C(C)(C)c2ccc(Oc3c(F)c(F)c(C(=O)c4ccc(Oc5ccc(C(=O)c6c(F)c(F)c(C(C)(C)CC)c(F)c6F)cc5)cc4)c(F)c3F)cc2)cc1. The summed E-state index contributed by atoms with van der Waals surface area (Å²) in [7, 11) is 0. The lowest BCUT2D eigenvalue weighted by molar-refractivity contribution is 0.102. The van der Waals surface area contributed by atoms with Crippen molar-refractivity contribution < 1.29 is 58.9 Å². The van der Waals surface area contributed by atoms with E-state index in [2.05, 4.69) is 0 Å². The molecule has 0 fully saturated rings. The van der Waals surface area contributed by atoms with E-state index < -0.39 is 91.4 Å². The number of hydrogen-bond acceptors (Lipinski definition) is 5. The molecular formula is C51H44F8O5. The highest BCUT2D eigenvalue weighted by molar-refractivity contribution is 6.10. The van der Waals surface area contributed by atoms with Gasteiger partial charge in [-0.25, -0.2) is 26.3 Å². The third-order valence-electron chi connectivity index (χ3n) is 11.6. The zero-order valence-electron chi connectivity index (χ0n) is 36.2. The van der Waals surface area contributed by atoms with Gasteiger partial charge in [0.05, 0.1) is 0 Å². The van der Waals surface area contributed by atoms with Gasteiger partial charge in [-0.1, -0.05) is 65.8 Å². The van der Waals surface area contributed by atoms with Crippen LogP contribution in [0.25, 0.3) is 0 Å². The monoisotopic (exact) mass is 888 g/mol. The summed E-state index contributed by atoms with van der Waals surface area (Å²) < 4.78 is 139. The molecule has 6 rings (SSSR count). The van der Waals surface area contributed by atoms with Gasteiger partial charge in [-0.15, -0.1) is 0 Å². The molecule has 0 saturated heterocycles. The van der Waals surface area contributed by atoms with Crippen molar-refractivity contribution in [3.8, 4) is 28.7 Å². The summed E-state index contributed by atoms with van der Waals surface area (Å²) in [6, 6.07) is 22.9. The van der Waals surface area contributed by atoms with E-state index in [9.17, 15) is 18.4 Å². The van der Waals surface area contributed by atoms with E-state index in [-0.39, 0.29) is 40.4 Å². The number of ether oxygens (including phenoxy) is 3. The number of carbonyl (C=O) groups is 2. The van der Waals surface area contributed by atoms with Gasteiger partial charge in [0.2, 0.25) is 17.4 Å². The fourth-order valence-corrected chi connectivity index (χ4v) is 6.83. The Balaban J connectivity index is 1.14. The Labute approximate surface area is 365 Å². The molecular weight excluding hydrogens is 845 g/mol. The number of ketones is 2. The minimum atomic E-state index is -1.98. The van der Waals surface area contributed by atoms with Crippen molar-refractivity contribution in [2.24, 2.45) is 0 Å². The summed E-state index contributed by atoms with van der Waals surface area (Å²) in [6.45, 7) is 14.4. The van der Waals surface area contributed by atoms with Gasteiger partial charge in [0.1, 0.15) is 39.7 Å². The normalized spacial score (nSPS) is 12.0. The summed E-state index contributed by atoms with van der Waals surface area (Å²) >= 11 is 0. The van der Waals surface area contributed by atoms with Crippen LogP contribution in [0.1, 0.15) is 117 Å². The molecule has 64 heavy (non-hydrogen) atoms. The fraction of sp³-hybridized carbons (Fsp3) is 0.255. The largest absolute Gasteiger partial charge is 0.488 e. The minimum Gasteiger partial charge on any atom is -0.488 e. The molecule has 6 aromatic rings. The van der Waals surface area contributed by atoms with Crippen LogP contribution >= 0.6 is 0 Å². The topological polar surface area (TPSA) is 61.8 Å². The zero-order chi connectivity index (χ0) is 47.1. The molecule has 0 aliphatic heterocycles. The summed E-state index contributed by atoms with van der Waals surface area (Å²) in [5.41, 5.74) is -4.82. The molecule has 0 aliphatic rings. The van der Waals surface area contributed by atoms with E-state index in [0.29, 0.717) is 5.75 Å². The number of hydrogen-bond donors (Lipinski definition) is 0. The Morgan fingerprint density at radius 3 is 1.16 bits per heavy atom. The van der Waals surface area contributed by atoms with Crippen LogP contribution in [-0.4, -0.2) is 17.2 Å². The van der Waals surface area contributed by atoms with Gasteiger partial charge in [0.15, 0.2) is 46.5 Å². The summed E-state index contributed by atoms with van der Waals surface area (Å²) in [5.74, 6) is -18.2. The van der Waals surface area contributed by atoms with E-state index >= 15 is 26.3 Å². The van der Waals surface area contributed by atoms with Crippen LogP contribution in [0, 0.1) is 46.5 Å². The van der Waals surface area contributed by atoms with Crippen molar-refractivity contribution in [3.63, 3.8) is 0 Å². The van der Waals surface area contributed by atoms with E-state index in [4.69, 9.17) is 14.2 Å². The molecule has 0 aromatic heterocycles. The molecule has 13 heteroatoms. The second-order valence-corrected chi connectivity index (χ2v) is 17.0. The van der Waals surface area contributed by atoms with Gasteiger partial charge in [0, 0.05) is 22.1 Å². The summed E-state index contributed by atoms with van der Waals surface area (Å²) in [4.78, 5) is 26.3. The molecule has 0 radical (unpaired) electrons. The summed E-state index contributed by atoms with van der Waals surface area (Å²) in [6.07, 6.45) is 0.967. The van der Waals surface area contributed by atoms with Crippen molar-refractivity contribution in [2.75, 3.05) is 0 Å². The van der Waals surface area contributed by atoms with Crippen molar-refractivity contribution in [1.82, 2.24) is 0 Å². The van der Waals surface area contributed by atoms with Gasteiger partial charge in [-0.05, 0) is 116 Å². The number of carbonyl (C=O) groups excluding carboxylic acids is 2. The number of rotatable bonds is 15. The first-order valence-corrected chi connectivity index (χ1v) is 20.3. The van der Waals surface area contributed by atoms with Crippen LogP contribution in [-0.2, 0) is 10.8 Å². The Morgan fingerprint density at radius 2 is 0.781 bits per heavy atom. The lowest BCUT2D eigenvalue weighted by atomic mass is 9.78. The van der Waals surface area contributed by atoms with Gasteiger partial charge < -0.3 is 14.2 Å². The first kappa shape index (κ1) is 47.0. The molecule has 0 heterocycles. The highest BCUT2D eigenvalue weighted by Crippen LogP contribution is 2.39. The van der Waals surface area contributed by atoms with Gasteiger partial charge in [-0.2, -0.15) is 8.78 Å². The standard InChI is InChI=1S/C51H44F8O5/c1-9-49(3,4)37-42(56)38(52)35(39(53)43(37)57)46(60)27-11-19-31(20-12-27)62-32-21-13-28(14-22-32)47(61)36-40(54)44(58)48(45(59)41(36)55)63-33-23-15-29(16-24-33)51(7,8)30-17-25-34(26-18-30)64-50(5,6)10-2/h11-26H,9-10H2,1-8H3. The molecule has 0 unspecified atom stereocenters. The molecule has 0 N–H and O–H groups in total. The average Bonchev–Trinajstić information content (AvgIpc) is 3.27. The third kappa shape index (κ3) is 9.11. The second kappa shape index (κ2) is 17.9. The number of halogens is 8. The van der Waals surface area contributed by atoms with E-state index in [1.807, 2.05) is 58.9 Å². The Bertz CT molecular complexity index is 2670. The molecule has 334 valence electrons. The maximum Gasteiger partial charge on any atom is 0.205 e. The van der Waals surface area contributed by atoms with Crippen LogP contribution in [0.15, 0.2) is 97.1 Å². The van der Waals surface area contributed by atoms with Gasteiger partial charge >= 0.3 is 0 Å². The molecule has 0 aliphatic carbocycles. The highest BCUT2D eigenvalue weighted by Gasteiger charge is 2.36. The molecule has 0 bridgehead atoms. The maximum atomic E-state index is 15.4. The van der Waals surface area contributed by atoms with Gasteiger partial charge in [-0.3, -0.25) is 9.59 Å². The molecule has 5 nitrogen and oxygen atoms in total. The molecule has 0 spiro atoms. The summed E-state index contributed by atoms with van der Waals surface area (Å²) in [5, 5.41) is 0. The molecule has 0 atom stereocenters. The quantitative estimate of drug-likeness (QED) is 0.0584. The van der Waals surface area contributed by atoms with Crippen LogP contribution in [0.5, 0.6) is 28.7 Å². The van der Waals surface area contributed by atoms with E-state index in [1.165, 1.54) is 50.2 Å². The van der Waals surface area contributed by atoms with E-state index in [0.717, 1.165) is 41.8 Å². The van der Waals surface area contributed by atoms with Crippen molar-refractivity contribution >= 4 is 11.6 Å². The Kier molecular flexibility index (Phi) is 13.2. The Hall–Kier alpha value is -6.50. The van der Waals surface area contributed by atoms with E-state index in [1.54, 1.807) is 19.1 Å². The first-order chi connectivity index (χ1) is 30.0. The van der Waals surface area contributed by atoms with Gasteiger partial charge in [0.25, 0.3) is 0 Å². The lowest BCUT2D eigenvalue weighted by Crippen LogP contribution is -2.26. The molecule has 6 aromatic carbocycles. The van der Waals surface area contributed by atoms with Crippen molar-refractivity contribution in [2.45, 2.75) is 84.7 Å². The predicted molar refractivity (Wildman–Crippen MR) is 226 cm³/mol. The molecule has 0 amide bonds.